The highest BCUT2D eigenvalue weighted by atomic mass is 35.5. The zero-order chi connectivity index (χ0) is 20.1. The summed E-state index contributed by atoms with van der Waals surface area (Å²) < 4.78 is 13.7. The molecule has 0 atom stereocenters. The number of nitrogens with one attached hydrogen (secondary N) is 1. The van der Waals surface area contributed by atoms with Gasteiger partial charge in [-0.3, -0.25) is 13.9 Å². The maximum Gasteiger partial charge on any atom is 0.329 e. The number of anilines is 1. The van der Waals surface area contributed by atoms with Crippen LogP contribution >= 0.6 is 11.6 Å². The number of ether oxygens (including phenoxy) is 2. The van der Waals surface area contributed by atoms with Crippen LogP contribution in [0.25, 0.3) is 11.0 Å². The van der Waals surface area contributed by atoms with Crippen LogP contribution in [0.3, 0.4) is 0 Å². The lowest BCUT2D eigenvalue weighted by molar-refractivity contribution is -0.116. The van der Waals surface area contributed by atoms with Crippen LogP contribution in [0.4, 0.5) is 5.69 Å². The minimum atomic E-state index is -0.347. The van der Waals surface area contributed by atoms with Crippen LogP contribution in [0.1, 0.15) is 6.92 Å². The second-order valence-corrected chi connectivity index (χ2v) is 6.51. The van der Waals surface area contributed by atoms with Crippen molar-refractivity contribution in [3.05, 3.63) is 58.0 Å². The van der Waals surface area contributed by atoms with E-state index < -0.39 is 0 Å². The minimum absolute atomic E-state index is 0.115. The van der Waals surface area contributed by atoms with Gasteiger partial charge in [-0.25, -0.2) is 4.79 Å². The first-order chi connectivity index (χ1) is 13.6. The second kappa shape index (κ2) is 8.95. The van der Waals surface area contributed by atoms with Crippen LogP contribution in [0.5, 0.6) is 5.75 Å². The van der Waals surface area contributed by atoms with Crippen LogP contribution in [0.2, 0.25) is 5.02 Å². The molecule has 3 aromatic rings. The Morgan fingerprint density at radius 2 is 1.79 bits per heavy atom. The molecule has 8 heteroatoms. The summed E-state index contributed by atoms with van der Waals surface area (Å²) in [5.74, 6) is 0.0258. The smallest absolute Gasteiger partial charge is 0.329 e. The Morgan fingerprint density at radius 3 is 2.46 bits per heavy atom. The molecule has 0 radical (unpaired) electrons. The molecule has 0 aliphatic heterocycles. The van der Waals surface area contributed by atoms with Gasteiger partial charge in [-0.05, 0) is 31.2 Å². The van der Waals surface area contributed by atoms with Gasteiger partial charge in [-0.1, -0.05) is 29.8 Å². The third-order valence-corrected chi connectivity index (χ3v) is 4.62. The van der Waals surface area contributed by atoms with Gasteiger partial charge in [0.1, 0.15) is 13.2 Å². The number of rotatable bonds is 8. The molecule has 1 heterocycles. The van der Waals surface area contributed by atoms with Crippen LogP contribution < -0.4 is 15.7 Å². The monoisotopic (exact) mass is 403 g/mol. The van der Waals surface area contributed by atoms with Gasteiger partial charge < -0.3 is 14.8 Å². The number of carbonyl (C=O) groups excluding carboxylic acids is 1. The molecule has 148 valence electrons. The van der Waals surface area contributed by atoms with Crippen molar-refractivity contribution in [2.45, 2.75) is 20.0 Å². The quantitative estimate of drug-likeness (QED) is 0.586. The van der Waals surface area contributed by atoms with Gasteiger partial charge in [-0.15, -0.1) is 0 Å². The number of carbonyl (C=O) groups is 1. The number of imidazole rings is 1. The summed E-state index contributed by atoms with van der Waals surface area (Å²) in [5, 5.41) is 3.17. The fraction of sp³-hybridized carbons (Fsp3) is 0.300. The Hall–Kier alpha value is -2.77. The van der Waals surface area contributed by atoms with Gasteiger partial charge in [0.05, 0.1) is 28.4 Å². The summed E-state index contributed by atoms with van der Waals surface area (Å²) in [5.41, 5.74) is 1.74. The standard InChI is InChI=1S/C20H22ClN3O4/c1-3-23-16-9-4-5-10-17(16)24(20(23)26)13-18(25)22-15-8-6-7-14(21)19(15)28-12-11-27-2/h4-10H,3,11-13H2,1-2H3,(H,22,25). The number of benzene rings is 2. The van der Waals surface area contributed by atoms with Crippen LogP contribution in [-0.2, 0) is 22.6 Å². The van der Waals surface area contributed by atoms with E-state index in [9.17, 15) is 9.59 Å². The molecule has 0 unspecified atom stereocenters. The lowest BCUT2D eigenvalue weighted by Gasteiger charge is -2.14. The molecule has 0 spiro atoms. The van der Waals surface area contributed by atoms with Crippen molar-refractivity contribution in [2.75, 3.05) is 25.6 Å². The normalized spacial score (nSPS) is 11.0. The van der Waals surface area contributed by atoms with E-state index in [1.807, 2.05) is 31.2 Å². The predicted octanol–water partition coefficient (Wildman–Crippen LogP) is 3.14. The predicted molar refractivity (Wildman–Crippen MR) is 109 cm³/mol. The van der Waals surface area contributed by atoms with Gasteiger partial charge >= 0.3 is 5.69 Å². The Bertz CT molecular complexity index is 1040. The van der Waals surface area contributed by atoms with E-state index in [1.165, 1.54) is 4.57 Å². The highest BCUT2D eigenvalue weighted by molar-refractivity contribution is 6.32. The number of nitrogens with zero attached hydrogens (tertiary/aromatic N) is 2. The lowest BCUT2D eigenvalue weighted by atomic mass is 10.3. The van der Waals surface area contributed by atoms with Crippen LogP contribution in [0.15, 0.2) is 47.3 Å². The van der Waals surface area contributed by atoms with Crippen LogP contribution in [0, 0.1) is 0 Å². The van der Waals surface area contributed by atoms with Gasteiger partial charge in [-0.2, -0.15) is 0 Å². The summed E-state index contributed by atoms with van der Waals surface area (Å²) in [6.45, 7) is 3.00. The van der Waals surface area contributed by atoms with Crippen molar-refractivity contribution in [3.8, 4) is 5.75 Å². The highest BCUT2D eigenvalue weighted by Gasteiger charge is 2.16. The molecule has 1 N–H and O–H groups in total. The molecular weight excluding hydrogens is 382 g/mol. The molecule has 0 bridgehead atoms. The molecule has 0 aliphatic rings. The van der Waals surface area contributed by atoms with E-state index in [4.69, 9.17) is 21.1 Å². The van der Waals surface area contributed by atoms with Crippen molar-refractivity contribution in [1.82, 2.24) is 9.13 Å². The molecule has 0 fully saturated rings. The Labute approximate surface area is 167 Å². The molecule has 0 saturated carbocycles. The van der Waals surface area contributed by atoms with E-state index in [2.05, 4.69) is 5.32 Å². The summed E-state index contributed by atoms with van der Waals surface area (Å²) in [6, 6.07) is 12.5. The van der Waals surface area contributed by atoms with E-state index in [0.717, 1.165) is 5.52 Å². The number of hydrogen-bond acceptors (Lipinski definition) is 4. The van der Waals surface area contributed by atoms with Crippen molar-refractivity contribution in [3.63, 3.8) is 0 Å². The number of methoxy groups -OCH3 is 1. The summed E-state index contributed by atoms with van der Waals surface area (Å²) in [6.07, 6.45) is 0. The van der Waals surface area contributed by atoms with E-state index in [0.29, 0.717) is 41.7 Å². The average Bonchev–Trinajstić information content (AvgIpc) is 2.95. The van der Waals surface area contributed by atoms with Gasteiger partial charge in [0.2, 0.25) is 5.91 Å². The number of para-hydroxylation sites is 3. The first-order valence-corrected chi connectivity index (χ1v) is 9.32. The molecule has 7 nitrogen and oxygen atoms in total. The number of hydrogen-bond donors (Lipinski definition) is 1. The summed E-state index contributed by atoms with van der Waals surface area (Å²) in [7, 11) is 1.57. The van der Waals surface area contributed by atoms with Crippen molar-refractivity contribution in [1.29, 1.82) is 0 Å². The second-order valence-electron chi connectivity index (χ2n) is 6.11. The van der Waals surface area contributed by atoms with E-state index >= 15 is 0 Å². The van der Waals surface area contributed by atoms with Gasteiger partial charge in [0.25, 0.3) is 0 Å². The fourth-order valence-electron chi connectivity index (χ4n) is 3.05. The Morgan fingerprint density at radius 1 is 1.07 bits per heavy atom. The van der Waals surface area contributed by atoms with Crippen molar-refractivity contribution >= 4 is 34.2 Å². The lowest BCUT2D eigenvalue weighted by Crippen LogP contribution is -2.29. The molecular formula is C20H22ClN3O4. The molecule has 3 rings (SSSR count). The Balaban J connectivity index is 1.84. The number of aryl methyl sites for hydroxylation is 1. The molecule has 28 heavy (non-hydrogen) atoms. The summed E-state index contributed by atoms with van der Waals surface area (Å²) >= 11 is 6.20. The first kappa shape index (κ1) is 20.0. The third-order valence-electron chi connectivity index (χ3n) is 4.32. The maximum absolute atomic E-state index is 12.7. The van der Waals surface area contributed by atoms with Crippen molar-refractivity contribution < 1.29 is 14.3 Å². The third kappa shape index (κ3) is 4.05. The van der Waals surface area contributed by atoms with Gasteiger partial charge in [0, 0.05) is 13.7 Å². The first-order valence-electron chi connectivity index (χ1n) is 8.95. The highest BCUT2D eigenvalue weighted by Crippen LogP contribution is 2.33. The van der Waals surface area contributed by atoms with Gasteiger partial charge in [0.15, 0.2) is 5.75 Å². The van der Waals surface area contributed by atoms with E-state index in [1.54, 1.807) is 29.9 Å². The number of aromatic nitrogens is 2. The number of fused-ring (bicyclic) bond motifs is 1. The number of halogens is 1. The zero-order valence-corrected chi connectivity index (χ0v) is 16.5. The molecule has 0 aliphatic carbocycles. The Kier molecular flexibility index (Phi) is 6.38. The molecule has 0 saturated heterocycles. The number of amides is 1. The molecule has 1 aromatic heterocycles. The van der Waals surface area contributed by atoms with Crippen molar-refractivity contribution in [2.24, 2.45) is 0 Å². The minimum Gasteiger partial charge on any atom is -0.487 e. The maximum atomic E-state index is 12.7. The molecule has 1 amide bonds. The average molecular weight is 404 g/mol. The SMILES string of the molecule is CCn1c(=O)n(CC(=O)Nc2cccc(Cl)c2OCCOC)c2ccccc21. The summed E-state index contributed by atoms with van der Waals surface area (Å²) in [4.78, 5) is 25.4. The zero-order valence-electron chi connectivity index (χ0n) is 15.8. The topological polar surface area (TPSA) is 74.5 Å². The largest absolute Gasteiger partial charge is 0.487 e. The van der Waals surface area contributed by atoms with E-state index in [-0.39, 0.29) is 18.1 Å². The van der Waals surface area contributed by atoms with Crippen LogP contribution in [-0.4, -0.2) is 35.4 Å². The molecule has 2 aromatic carbocycles. The fourth-order valence-corrected chi connectivity index (χ4v) is 3.27.